The molecule has 1 unspecified atom stereocenters. The fraction of sp³-hybridized carbons (Fsp3) is 0.417. The summed E-state index contributed by atoms with van der Waals surface area (Å²) < 4.78 is 42.2. The Morgan fingerprint density at radius 1 is 1.39 bits per heavy atom. The monoisotopic (exact) mass is 274 g/mol. The van der Waals surface area contributed by atoms with E-state index in [1.54, 1.807) is 6.92 Å². The van der Waals surface area contributed by atoms with E-state index in [-0.39, 0.29) is 17.9 Å². The predicted molar refractivity (Wildman–Crippen MR) is 64.3 cm³/mol. The molecule has 0 spiro atoms. The van der Waals surface area contributed by atoms with Gasteiger partial charge in [-0.15, -0.1) is 0 Å². The van der Waals surface area contributed by atoms with E-state index in [1.165, 1.54) is 25.1 Å². The van der Waals surface area contributed by atoms with Gasteiger partial charge in [-0.1, -0.05) is 12.1 Å². The van der Waals surface area contributed by atoms with Crippen molar-refractivity contribution < 1.29 is 22.3 Å². The second-order valence-electron chi connectivity index (χ2n) is 3.80. The molecule has 1 rings (SSSR count). The molecule has 0 heterocycles. The van der Waals surface area contributed by atoms with E-state index in [2.05, 4.69) is 4.74 Å². The number of hydrogen-bond acceptors (Lipinski definition) is 4. The lowest BCUT2D eigenvalue weighted by atomic mass is 10.3. The van der Waals surface area contributed by atoms with Crippen LogP contribution >= 0.6 is 0 Å². The molecule has 0 radical (unpaired) electrons. The van der Waals surface area contributed by atoms with Crippen LogP contribution in [0.5, 0.6) is 0 Å². The van der Waals surface area contributed by atoms with Crippen molar-refractivity contribution in [3.05, 3.63) is 30.1 Å². The van der Waals surface area contributed by atoms with Crippen LogP contribution in [0.3, 0.4) is 0 Å². The van der Waals surface area contributed by atoms with E-state index >= 15 is 0 Å². The maximum absolute atomic E-state index is 13.4. The highest BCUT2D eigenvalue weighted by Crippen LogP contribution is 2.21. The molecule has 18 heavy (non-hydrogen) atoms. The van der Waals surface area contributed by atoms with Gasteiger partial charge in [0, 0.05) is 0 Å². The van der Waals surface area contributed by atoms with Gasteiger partial charge >= 0.3 is 5.97 Å². The van der Waals surface area contributed by atoms with Gasteiger partial charge in [-0.25, -0.2) is 12.8 Å². The molecule has 4 nitrogen and oxygen atoms in total. The molecule has 0 N–H and O–H groups in total. The Hall–Kier alpha value is -1.43. The summed E-state index contributed by atoms with van der Waals surface area (Å²) in [6.07, 6.45) is -0.287. The highest BCUT2D eigenvalue weighted by molar-refractivity contribution is 7.92. The molecule has 0 saturated carbocycles. The van der Waals surface area contributed by atoms with Crippen molar-refractivity contribution in [2.75, 3.05) is 6.61 Å². The van der Waals surface area contributed by atoms with E-state index in [0.717, 1.165) is 6.07 Å². The zero-order chi connectivity index (χ0) is 13.8. The van der Waals surface area contributed by atoms with Crippen LogP contribution in [0, 0.1) is 5.82 Å². The van der Waals surface area contributed by atoms with E-state index in [9.17, 15) is 17.6 Å². The minimum absolute atomic E-state index is 0.186. The molecule has 1 aromatic rings. The third-order valence-electron chi connectivity index (χ3n) is 2.43. The molecular formula is C12H15FO4S. The number of halogens is 1. The smallest absolute Gasteiger partial charge is 0.307 e. The van der Waals surface area contributed by atoms with Crippen LogP contribution in [0.1, 0.15) is 20.3 Å². The Kier molecular flexibility index (Phi) is 4.84. The van der Waals surface area contributed by atoms with Crippen molar-refractivity contribution >= 4 is 15.8 Å². The fourth-order valence-electron chi connectivity index (χ4n) is 1.46. The standard InChI is InChI=1S/C12H15FO4S/c1-3-17-12(14)8-9(2)18(15,16)11-7-5-4-6-10(11)13/h4-7,9H,3,8H2,1-2H3. The van der Waals surface area contributed by atoms with Gasteiger partial charge < -0.3 is 4.74 Å². The van der Waals surface area contributed by atoms with Crippen LogP contribution in [0.15, 0.2) is 29.2 Å². The summed E-state index contributed by atoms with van der Waals surface area (Å²) in [7, 11) is -3.86. The van der Waals surface area contributed by atoms with Crippen LogP contribution in [0.2, 0.25) is 0 Å². The average molecular weight is 274 g/mol. The first-order chi connectivity index (χ1) is 8.39. The number of ether oxygens (including phenoxy) is 1. The quantitative estimate of drug-likeness (QED) is 0.770. The van der Waals surface area contributed by atoms with Crippen LogP contribution in [0.4, 0.5) is 4.39 Å². The lowest BCUT2D eigenvalue weighted by molar-refractivity contribution is -0.143. The maximum atomic E-state index is 13.4. The van der Waals surface area contributed by atoms with Gasteiger partial charge in [-0.05, 0) is 26.0 Å². The predicted octanol–water partition coefficient (Wildman–Crippen LogP) is 1.94. The Morgan fingerprint density at radius 2 is 2.00 bits per heavy atom. The Morgan fingerprint density at radius 3 is 2.56 bits per heavy atom. The Bertz CT molecular complexity index is 525. The lowest BCUT2D eigenvalue weighted by Gasteiger charge is -2.12. The minimum Gasteiger partial charge on any atom is -0.466 e. The van der Waals surface area contributed by atoms with Gasteiger partial charge in [-0.3, -0.25) is 4.79 Å². The summed E-state index contributed by atoms with van der Waals surface area (Å²) >= 11 is 0. The SMILES string of the molecule is CCOC(=O)CC(C)S(=O)(=O)c1ccccc1F. The van der Waals surface area contributed by atoms with Crippen molar-refractivity contribution in [2.24, 2.45) is 0 Å². The van der Waals surface area contributed by atoms with Crippen LogP contribution in [-0.2, 0) is 19.4 Å². The van der Waals surface area contributed by atoms with Gasteiger partial charge in [0.05, 0.1) is 18.3 Å². The summed E-state index contributed by atoms with van der Waals surface area (Å²) in [5.41, 5.74) is 0. The number of sulfone groups is 1. The van der Waals surface area contributed by atoms with E-state index < -0.39 is 26.9 Å². The molecule has 1 aromatic carbocycles. The Balaban J connectivity index is 2.94. The van der Waals surface area contributed by atoms with Crippen molar-refractivity contribution in [3.63, 3.8) is 0 Å². The number of hydrogen-bond donors (Lipinski definition) is 0. The molecule has 0 aliphatic heterocycles. The molecule has 0 aliphatic rings. The highest BCUT2D eigenvalue weighted by Gasteiger charge is 2.28. The largest absolute Gasteiger partial charge is 0.466 e. The van der Waals surface area contributed by atoms with Crippen LogP contribution in [0.25, 0.3) is 0 Å². The summed E-state index contributed by atoms with van der Waals surface area (Å²) in [4.78, 5) is 10.8. The number of esters is 1. The number of carbonyl (C=O) groups excluding carboxylic acids is 1. The van der Waals surface area contributed by atoms with Crippen molar-refractivity contribution in [3.8, 4) is 0 Å². The molecule has 100 valence electrons. The van der Waals surface area contributed by atoms with Gasteiger partial charge in [0.15, 0.2) is 9.84 Å². The summed E-state index contributed by atoms with van der Waals surface area (Å²) in [5, 5.41) is -1.02. The molecule has 0 aromatic heterocycles. The first-order valence-electron chi connectivity index (χ1n) is 5.53. The third-order valence-corrected chi connectivity index (χ3v) is 4.60. The van der Waals surface area contributed by atoms with Crippen LogP contribution < -0.4 is 0 Å². The zero-order valence-corrected chi connectivity index (χ0v) is 11.0. The number of rotatable bonds is 5. The Labute approximate surface area is 106 Å². The van der Waals surface area contributed by atoms with E-state index in [4.69, 9.17) is 0 Å². The second kappa shape index (κ2) is 5.95. The number of carbonyl (C=O) groups is 1. The van der Waals surface area contributed by atoms with Crippen molar-refractivity contribution in [1.82, 2.24) is 0 Å². The summed E-state index contributed by atoms with van der Waals surface area (Å²) in [6, 6.07) is 5.10. The van der Waals surface area contributed by atoms with E-state index in [0.29, 0.717) is 0 Å². The highest BCUT2D eigenvalue weighted by atomic mass is 32.2. The molecule has 6 heteroatoms. The van der Waals surface area contributed by atoms with Crippen LogP contribution in [-0.4, -0.2) is 26.2 Å². The molecule has 0 amide bonds. The summed E-state index contributed by atoms with van der Waals surface area (Å²) in [5.74, 6) is -1.42. The topological polar surface area (TPSA) is 60.4 Å². The van der Waals surface area contributed by atoms with E-state index in [1.807, 2.05) is 0 Å². The average Bonchev–Trinajstić information content (AvgIpc) is 2.29. The van der Waals surface area contributed by atoms with Gasteiger partial charge in [0.25, 0.3) is 0 Å². The first-order valence-corrected chi connectivity index (χ1v) is 7.08. The first kappa shape index (κ1) is 14.6. The molecule has 1 atom stereocenters. The molecule has 0 fully saturated rings. The molecular weight excluding hydrogens is 259 g/mol. The second-order valence-corrected chi connectivity index (χ2v) is 6.13. The zero-order valence-electron chi connectivity index (χ0n) is 10.2. The van der Waals surface area contributed by atoms with Gasteiger partial charge in [-0.2, -0.15) is 0 Å². The van der Waals surface area contributed by atoms with Gasteiger partial charge in [0.1, 0.15) is 10.7 Å². The summed E-state index contributed by atoms with van der Waals surface area (Å²) in [6.45, 7) is 3.18. The van der Waals surface area contributed by atoms with Gasteiger partial charge in [0.2, 0.25) is 0 Å². The maximum Gasteiger partial charge on any atom is 0.307 e. The number of benzene rings is 1. The molecule has 0 aliphatic carbocycles. The lowest BCUT2D eigenvalue weighted by Crippen LogP contribution is -2.23. The molecule has 0 saturated heterocycles. The van der Waals surface area contributed by atoms with Crippen molar-refractivity contribution in [2.45, 2.75) is 30.4 Å². The normalized spacial score (nSPS) is 13.1. The van der Waals surface area contributed by atoms with Crippen molar-refractivity contribution in [1.29, 1.82) is 0 Å². The minimum atomic E-state index is -3.86. The molecule has 0 bridgehead atoms. The third kappa shape index (κ3) is 3.29. The fourth-order valence-corrected chi connectivity index (χ4v) is 2.85.